The van der Waals surface area contributed by atoms with Crippen LogP contribution in [0, 0.1) is 0 Å². The Morgan fingerprint density at radius 3 is 1.14 bits per heavy atom. The molecule has 206 valence electrons. The van der Waals surface area contributed by atoms with Crippen molar-refractivity contribution in [3.63, 3.8) is 0 Å². The minimum atomic E-state index is -0.403. The monoisotopic (exact) mass is 710 g/mol. The fourth-order valence-electron chi connectivity index (χ4n) is 5.57. The molecule has 6 nitrogen and oxygen atoms in total. The number of carbonyl (C=O) groups is 2. The van der Waals surface area contributed by atoms with E-state index in [9.17, 15) is 9.59 Å². The molecule has 14 heteroatoms. The van der Waals surface area contributed by atoms with Gasteiger partial charge < -0.3 is 0 Å². The van der Waals surface area contributed by atoms with Crippen molar-refractivity contribution in [1.29, 1.82) is 0 Å². The van der Waals surface area contributed by atoms with Gasteiger partial charge in [0.15, 0.2) is 11.6 Å². The van der Waals surface area contributed by atoms with Crippen LogP contribution >= 0.6 is 92.8 Å². The van der Waals surface area contributed by atoms with Crippen LogP contribution in [0.5, 0.6) is 0 Å². The summed E-state index contributed by atoms with van der Waals surface area (Å²) in [5.74, 6) is -0.167. The standard InChI is InChI=1S/C28H6Cl8N4O2/c29-17-13-15(19(31)23(35)21(17)33)27(41)39-11-3-1-7(5-9(11)37-25(13)39)8-2-4-12-10(6-8)38-26-14-16(28(42)40(12)26)20(32)24(36)22(34)18(14)30/h1-6H. The zero-order valence-electron chi connectivity index (χ0n) is 20.1. The topological polar surface area (TPSA) is 69.8 Å². The molecule has 42 heavy (non-hydrogen) atoms. The fourth-order valence-corrected chi connectivity index (χ4v) is 7.61. The summed E-state index contributed by atoms with van der Waals surface area (Å²) in [4.78, 5) is 36.1. The van der Waals surface area contributed by atoms with Crippen LogP contribution in [0.3, 0.4) is 0 Å². The first-order valence-electron chi connectivity index (χ1n) is 11.9. The van der Waals surface area contributed by atoms with Crippen molar-refractivity contribution in [1.82, 2.24) is 19.1 Å². The van der Waals surface area contributed by atoms with Crippen molar-refractivity contribution >= 4 is 127 Å². The summed E-state index contributed by atoms with van der Waals surface area (Å²) in [6.45, 7) is 0. The van der Waals surface area contributed by atoms with E-state index in [0.29, 0.717) is 44.8 Å². The molecular weight excluding hydrogens is 708 g/mol. The highest BCUT2D eigenvalue weighted by Crippen LogP contribution is 2.51. The van der Waals surface area contributed by atoms with Gasteiger partial charge in [0, 0.05) is 0 Å². The average Bonchev–Trinajstić information content (AvgIpc) is 3.69. The molecule has 0 aliphatic carbocycles. The van der Waals surface area contributed by atoms with Crippen LogP contribution in [0.15, 0.2) is 36.4 Å². The Hall–Kier alpha value is -2.52. The highest BCUT2D eigenvalue weighted by atomic mass is 35.5. The largest absolute Gasteiger partial charge is 0.268 e. The van der Waals surface area contributed by atoms with E-state index in [2.05, 4.69) is 0 Å². The lowest BCUT2D eigenvalue weighted by Crippen LogP contribution is -2.06. The Labute approximate surface area is 275 Å². The molecule has 8 rings (SSSR count). The fraction of sp³-hybridized carbons (Fsp3) is 0. The summed E-state index contributed by atoms with van der Waals surface area (Å²) < 4.78 is 2.87. The Morgan fingerprint density at radius 1 is 0.452 bits per heavy atom. The third-order valence-corrected chi connectivity index (χ3v) is 11.1. The molecule has 0 spiro atoms. The van der Waals surface area contributed by atoms with E-state index in [4.69, 9.17) is 103 Å². The van der Waals surface area contributed by atoms with Crippen LogP contribution in [-0.4, -0.2) is 30.9 Å². The number of fused-ring (bicyclic) bond motifs is 10. The van der Waals surface area contributed by atoms with E-state index in [1.807, 2.05) is 24.3 Å². The summed E-state index contributed by atoms with van der Waals surface area (Å²) in [6.07, 6.45) is 0. The summed E-state index contributed by atoms with van der Waals surface area (Å²) in [7, 11) is 0. The maximum atomic E-state index is 13.4. The number of hydrogen-bond donors (Lipinski definition) is 0. The Kier molecular flexibility index (Phi) is 5.80. The van der Waals surface area contributed by atoms with Crippen molar-refractivity contribution < 1.29 is 9.59 Å². The lowest BCUT2D eigenvalue weighted by atomic mass is 10.0. The Morgan fingerprint density at radius 2 is 0.786 bits per heavy atom. The zero-order valence-corrected chi connectivity index (χ0v) is 26.1. The van der Waals surface area contributed by atoms with Gasteiger partial charge in [-0.25, -0.2) is 9.97 Å². The third-order valence-electron chi connectivity index (χ3n) is 7.46. The van der Waals surface area contributed by atoms with E-state index in [1.54, 1.807) is 12.1 Å². The molecule has 0 unspecified atom stereocenters. The Bertz CT molecular complexity index is 2180. The Balaban J connectivity index is 1.27. The SMILES string of the molecule is O=C1c2c(Cl)c(Cl)c(Cl)c(Cl)c2-c2nc3cc(-c4ccc5c(c4)nc4n5C(=O)c5c(Cl)c(Cl)c(Cl)c(Cl)c5-4)ccc3n21. The number of nitrogens with zero attached hydrogens (tertiary/aromatic N) is 4. The van der Waals surface area contributed by atoms with E-state index < -0.39 is 11.8 Å². The van der Waals surface area contributed by atoms with E-state index in [0.717, 1.165) is 11.1 Å². The van der Waals surface area contributed by atoms with Gasteiger partial charge in [0.05, 0.1) is 84.5 Å². The van der Waals surface area contributed by atoms with Gasteiger partial charge in [0.2, 0.25) is 0 Å². The highest BCUT2D eigenvalue weighted by Gasteiger charge is 2.38. The van der Waals surface area contributed by atoms with Crippen molar-refractivity contribution in [2.75, 3.05) is 0 Å². The van der Waals surface area contributed by atoms with E-state index in [1.165, 1.54) is 9.13 Å². The molecule has 6 aromatic rings. The van der Waals surface area contributed by atoms with Crippen LogP contribution in [0.25, 0.3) is 56.0 Å². The molecule has 0 saturated carbocycles. The normalized spacial score (nSPS) is 13.3. The van der Waals surface area contributed by atoms with Gasteiger partial charge in [-0.05, 0) is 35.4 Å². The smallest absolute Gasteiger partial charge is 0.266 e. The van der Waals surface area contributed by atoms with Gasteiger partial charge in [0.1, 0.15) is 0 Å². The minimum Gasteiger partial charge on any atom is -0.268 e. The first-order chi connectivity index (χ1) is 20.0. The second-order valence-electron chi connectivity index (χ2n) is 9.57. The predicted octanol–water partition coefficient (Wildman–Crippen LogP) is 10.6. The molecule has 2 aromatic heterocycles. The number of carbonyl (C=O) groups excluding carboxylic acids is 2. The van der Waals surface area contributed by atoms with E-state index >= 15 is 0 Å². The quantitative estimate of drug-likeness (QED) is 0.125. The maximum absolute atomic E-state index is 13.4. The molecule has 0 amide bonds. The van der Waals surface area contributed by atoms with Gasteiger partial charge in [0.25, 0.3) is 11.8 Å². The number of aromatic nitrogens is 4. The number of benzene rings is 4. The summed E-state index contributed by atoms with van der Waals surface area (Å²) >= 11 is 50.6. The molecule has 0 bridgehead atoms. The van der Waals surface area contributed by atoms with Crippen LogP contribution in [0.1, 0.15) is 20.7 Å². The summed E-state index contributed by atoms with van der Waals surface area (Å²) in [6, 6.07) is 10.9. The second kappa shape index (κ2) is 9.00. The molecule has 0 atom stereocenters. The molecule has 0 N–H and O–H groups in total. The van der Waals surface area contributed by atoms with Crippen LogP contribution < -0.4 is 0 Å². The van der Waals surface area contributed by atoms with Crippen LogP contribution in [-0.2, 0) is 0 Å². The van der Waals surface area contributed by atoms with E-state index in [-0.39, 0.29) is 51.3 Å². The third kappa shape index (κ3) is 3.27. The molecule has 0 saturated heterocycles. The minimum absolute atomic E-state index is 0.0101. The molecular formula is C28H6Cl8N4O2. The average molecular weight is 714 g/mol. The van der Waals surface area contributed by atoms with Crippen molar-refractivity contribution in [3.05, 3.63) is 87.7 Å². The predicted molar refractivity (Wildman–Crippen MR) is 169 cm³/mol. The molecule has 2 aliphatic heterocycles. The first kappa shape index (κ1) is 27.1. The van der Waals surface area contributed by atoms with Crippen molar-refractivity contribution in [2.24, 2.45) is 0 Å². The van der Waals surface area contributed by atoms with Gasteiger partial charge in [-0.1, -0.05) is 105 Å². The molecule has 0 radical (unpaired) electrons. The molecule has 4 aromatic carbocycles. The number of imidazole rings is 2. The summed E-state index contributed by atoms with van der Waals surface area (Å²) in [5.41, 5.74) is 4.77. The second-order valence-corrected chi connectivity index (χ2v) is 12.6. The lowest BCUT2D eigenvalue weighted by Gasteiger charge is -2.08. The van der Waals surface area contributed by atoms with Gasteiger partial charge in [-0.3, -0.25) is 18.7 Å². The van der Waals surface area contributed by atoms with Crippen molar-refractivity contribution in [2.45, 2.75) is 0 Å². The molecule has 2 aliphatic rings. The molecule has 4 heterocycles. The lowest BCUT2D eigenvalue weighted by molar-refractivity contribution is 0.0965. The number of rotatable bonds is 1. The van der Waals surface area contributed by atoms with Crippen molar-refractivity contribution in [3.8, 4) is 33.9 Å². The van der Waals surface area contributed by atoms with Crippen LogP contribution in [0.2, 0.25) is 40.2 Å². The first-order valence-corrected chi connectivity index (χ1v) is 14.9. The number of halogens is 8. The zero-order chi connectivity index (χ0) is 29.5. The van der Waals surface area contributed by atoms with Gasteiger partial charge in [-0.2, -0.15) is 0 Å². The highest BCUT2D eigenvalue weighted by molar-refractivity contribution is 6.55. The van der Waals surface area contributed by atoms with Gasteiger partial charge >= 0.3 is 0 Å². The van der Waals surface area contributed by atoms with Crippen LogP contribution in [0.4, 0.5) is 0 Å². The molecule has 0 fully saturated rings. The van der Waals surface area contributed by atoms with Gasteiger partial charge in [-0.15, -0.1) is 0 Å². The maximum Gasteiger partial charge on any atom is 0.266 e. The summed E-state index contributed by atoms with van der Waals surface area (Å²) in [5, 5.41) is 0.365. The number of hydrogen-bond acceptors (Lipinski definition) is 4.